The van der Waals surface area contributed by atoms with Gasteiger partial charge in [0, 0.05) is 69.0 Å². The number of nitrogens with one attached hydrogen (secondary N) is 1. The number of aromatic hydroxyl groups is 1. The largest absolute Gasteiger partial charge is 0.507 e. The summed E-state index contributed by atoms with van der Waals surface area (Å²) in [6.07, 6.45) is 6.83. The molecule has 4 aromatic rings. The van der Waals surface area contributed by atoms with Gasteiger partial charge < -0.3 is 24.3 Å². The van der Waals surface area contributed by atoms with Gasteiger partial charge in [0.05, 0.1) is 5.52 Å². The molecule has 7 nitrogen and oxygen atoms in total. The number of amides is 1. The molecule has 42 heavy (non-hydrogen) atoms. The van der Waals surface area contributed by atoms with E-state index in [1.807, 2.05) is 30.9 Å². The standard InChI is InChI=1S/C32H37N3O4.C2H6.H2S/c1-39-19-5-18-35-28-8-3-9-30(36)27(28)20-29(35)26-7-4-17-34(22-26)32(38)10-2-6-23-11-13-24(14-12-23)25-15-16-31(37)33-21-25;1-2;/h3,8-9,11-16,20-21,26,36H,2,4-7,10,17-19,22H2,1H3,(H,33,37);1-2H3;1H2. The number of phenols is 1. The summed E-state index contributed by atoms with van der Waals surface area (Å²) in [5.41, 5.74) is 5.36. The van der Waals surface area contributed by atoms with Crippen LogP contribution in [0, 0.1) is 0 Å². The van der Waals surface area contributed by atoms with E-state index in [9.17, 15) is 14.7 Å². The molecular weight excluding hydrogens is 546 g/mol. The molecule has 3 heterocycles. The fourth-order valence-corrected chi connectivity index (χ4v) is 5.75. The highest BCUT2D eigenvalue weighted by atomic mass is 32.1. The van der Waals surface area contributed by atoms with Crippen LogP contribution < -0.4 is 5.56 Å². The molecule has 0 spiro atoms. The first-order valence-electron chi connectivity index (χ1n) is 14.9. The summed E-state index contributed by atoms with van der Waals surface area (Å²) in [4.78, 5) is 29.2. The number of methoxy groups -OCH3 is 1. The third-order valence-electron chi connectivity index (χ3n) is 7.80. The van der Waals surface area contributed by atoms with Gasteiger partial charge in [-0.1, -0.05) is 44.2 Å². The van der Waals surface area contributed by atoms with Crippen LogP contribution in [0.4, 0.5) is 0 Å². The van der Waals surface area contributed by atoms with E-state index in [4.69, 9.17) is 4.74 Å². The lowest BCUT2D eigenvalue weighted by molar-refractivity contribution is -0.132. The van der Waals surface area contributed by atoms with Crippen LogP contribution in [-0.2, 0) is 22.5 Å². The van der Waals surface area contributed by atoms with Gasteiger partial charge in [-0.05, 0) is 73.1 Å². The lowest BCUT2D eigenvalue weighted by atomic mass is 9.94. The summed E-state index contributed by atoms with van der Waals surface area (Å²) in [5.74, 6) is 0.765. The molecule has 0 radical (unpaired) electrons. The summed E-state index contributed by atoms with van der Waals surface area (Å²) in [6, 6.07) is 19.5. The number of rotatable bonds is 10. The fourth-order valence-electron chi connectivity index (χ4n) is 5.75. The number of aromatic nitrogens is 2. The Morgan fingerprint density at radius 1 is 1.05 bits per heavy atom. The highest BCUT2D eigenvalue weighted by Gasteiger charge is 2.27. The Kier molecular flexibility index (Phi) is 12.8. The number of ether oxygens (including phenoxy) is 1. The first-order valence-corrected chi connectivity index (χ1v) is 14.9. The molecule has 2 N–H and O–H groups in total. The Morgan fingerprint density at radius 2 is 1.81 bits per heavy atom. The molecule has 1 atom stereocenters. The van der Waals surface area contributed by atoms with Crippen LogP contribution in [0.5, 0.6) is 5.75 Å². The zero-order valence-corrected chi connectivity index (χ0v) is 26.1. The second kappa shape index (κ2) is 16.2. The minimum absolute atomic E-state index is 0. The van der Waals surface area contributed by atoms with Crippen molar-refractivity contribution in [1.29, 1.82) is 0 Å². The quantitative estimate of drug-likeness (QED) is 0.203. The predicted octanol–water partition coefficient (Wildman–Crippen LogP) is 6.61. The molecule has 226 valence electrons. The number of piperidine rings is 1. The zero-order valence-electron chi connectivity index (χ0n) is 25.1. The minimum Gasteiger partial charge on any atom is -0.507 e. The summed E-state index contributed by atoms with van der Waals surface area (Å²) in [5, 5.41) is 11.4. The minimum atomic E-state index is -0.108. The Balaban J connectivity index is 0.00000158. The molecule has 2 aromatic carbocycles. The fraction of sp³-hybridized carbons (Fsp3) is 0.412. The van der Waals surface area contributed by atoms with E-state index >= 15 is 0 Å². The molecule has 1 fully saturated rings. The number of carbonyl (C=O) groups excluding carboxylic acids is 1. The highest BCUT2D eigenvalue weighted by molar-refractivity contribution is 7.59. The van der Waals surface area contributed by atoms with Crippen LogP contribution in [0.1, 0.15) is 63.1 Å². The van der Waals surface area contributed by atoms with E-state index < -0.39 is 0 Å². The zero-order chi connectivity index (χ0) is 29.2. The number of likely N-dealkylation sites (tertiary alicyclic amines) is 1. The molecule has 1 aliphatic rings. The van der Waals surface area contributed by atoms with Crippen LogP contribution in [-0.4, -0.2) is 52.3 Å². The average molecular weight is 592 g/mol. The summed E-state index contributed by atoms with van der Waals surface area (Å²) >= 11 is 0. The van der Waals surface area contributed by atoms with Crippen LogP contribution in [0.2, 0.25) is 0 Å². The normalized spacial score (nSPS) is 14.6. The Hall–Kier alpha value is -3.49. The van der Waals surface area contributed by atoms with E-state index in [1.54, 1.807) is 19.4 Å². The summed E-state index contributed by atoms with van der Waals surface area (Å²) < 4.78 is 7.59. The Bertz CT molecular complexity index is 1460. The molecule has 1 saturated heterocycles. The third-order valence-corrected chi connectivity index (χ3v) is 7.80. The molecule has 0 aliphatic carbocycles. The molecule has 2 aromatic heterocycles. The number of hydrogen-bond donors (Lipinski definition) is 2. The molecule has 8 heteroatoms. The van der Waals surface area contributed by atoms with Crippen molar-refractivity contribution in [3.63, 3.8) is 0 Å². The number of H-pyrrole nitrogens is 1. The topological polar surface area (TPSA) is 87.6 Å². The van der Waals surface area contributed by atoms with E-state index in [0.29, 0.717) is 25.3 Å². The van der Waals surface area contributed by atoms with Gasteiger partial charge in [-0.2, -0.15) is 13.5 Å². The number of nitrogens with zero attached hydrogens (tertiary/aromatic N) is 2. The summed E-state index contributed by atoms with van der Waals surface area (Å²) in [6.45, 7) is 7.02. The number of carbonyl (C=O) groups is 1. The molecule has 1 aliphatic heterocycles. The number of aromatic amines is 1. The first kappa shape index (κ1) is 33.0. The van der Waals surface area contributed by atoms with Crippen LogP contribution in [0.25, 0.3) is 22.0 Å². The highest BCUT2D eigenvalue weighted by Crippen LogP contribution is 2.35. The Labute approximate surface area is 256 Å². The lowest BCUT2D eigenvalue weighted by Crippen LogP contribution is -2.39. The molecule has 1 amide bonds. The van der Waals surface area contributed by atoms with Crippen molar-refractivity contribution in [3.8, 4) is 16.9 Å². The second-order valence-corrected chi connectivity index (χ2v) is 10.4. The second-order valence-electron chi connectivity index (χ2n) is 10.4. The van der Waals surface area contributed by atoms with Gasteiger partial charge >= 0.3 is 0 Å². The maximum atomic E-state index is 13.2. The van der Waals surface area contributed by atoms with Gasteiger partial charge in [-0.3, -0.25) is 9.59 Å². The van der Waals surface area contributed by atoms with E-state index in [2.05, 4.69) is 45.9 Å². The number of hydrogen-bond acceptors (Lipinski definition) is 4. The van der Waals surface area contributed by atoms with E-state index in [-0.39, 0.29) is 30.9 Å². The van der Waals surface area contributed by atoms with Crippen LogP contribution in [0.15, 0.2) is 71.7 Å². The van der Waals surface area contributed by atoms with Gasteiger partial charge in [-0.25, -0.2) is 0 Å². The van der Waals surface area contributed by atoms with Crippen molar-refractivity contribution in [2.75, 3.05) is 26.8 Å². The maximum Gasteiger partial charge on any atom is 0.247 e. The van der Waals surface area contributed by atoms with Crippen LogP contribution in [0.3, 0.4) is 0 Å². The number of fused-ring (bicyclic) bond motifs is 1. The third kappa shape index (κ3) is 8.07. The molecular formula is C34H45N3O4S. The first-order chi connectivity index (χ1) is 20.0. The lowest BCUT2D eigenvalue weighted by Gasteiger charge is -2.33. The molecule has 0 bridgehead atoms. The Morgan fingerprint density at radius 3 is 2.52 bits per heavy atom. The number of phenolic OH excluding ortho intramolecular Hbond substituents is 1. The van der Waals surface area contributed by atoms with Gasteiger partial charge in [0.1, 0.15) is 5.75 Å². The SMILES string of the molecule is CC.COCCCn1c(C2CCCN(C(=O)CCCc3ccc(-c4ccc(=O)[nH]c4)cc3)C2)cc2c(O)cccc21.S. The van der Waals surface area contributed by atoms with Crippen molar-refractivity contribution in [2.24, 2.45) is 0 Å². The predicted molar refractivity (Wildman–Crippen MR) is 176 cm³/mol. The number of benzene rings is 2. The summed E-state index contributed by atoms with van der Waals surface area (Å²) in [7, 11) is 1.72. The van der Waals surface area contributed by atoms with Crippen molar-refractivity contribution in [1.82, 2.24) is 14.5 Å². The van der Waals surface area contributed by atoms with Gasteiger partial charge in [-0.15, -0.1) is 0 Å². The van der Waals surface area contributed by atoms with Gasteiger partial charge in [0.15, 0.2) is 0 Å². The number of aryl methyl sites for hydroxylation is 2. The van der Waals surface area contributed by atoms with Crippen molar-refractivity contribution >= 4 is 30.3 Å². The maximum absolute atomic E-state index is 13.2. The van der Waals surface area contributed by atoms with Crippen LogP contribution >= 0.6 is 13.5 Å². The molecule has 1 unspecified atom stereocenters. The van der Waals surface area contributed by atoms with Gasteiger partial charge in [0.25, 0.3) is 0 Å². The van der Waals surface area contributed by atoms with E-state index in [0.717, 1.165) is 67.2 Å². The average Bonchev–Trinajstić information content (AvgIpc) is 3.39. The van der Waals surface area contributed by atoms with Crippen molar-refractivity contribution in [2.45, 2.75) is 64.8 Å². The van der Waals surface area contributed by atoms with Gasteiger partial charge in [0.2, 0.25) is 11.5 Å². The van der Waals surface area contributed by atoms with Crippen molar-refractivity contribution in [3.05, 3.63) is 88.5 Å². The van der Waals surface area contributed by atoms with Crippen molar-refractivity contribution < 1.29 is 14.6 Å². The smallest absolute Gasteiger partial charge is 0.247 e. The molecule has 0 saturated carbocycles. The molecule has 5 rings (SSSR count). The number of pyridine rings is 1. The monoisotopic (exact) mass is 591 g/mol. The van der Waals surface area contributed by atoms with E-state index in [1.165, 1.54) is 17.3 Å².